The third-order valence-electron chi connectivity index (χ3n) is 5.26. The van der Waals surface area contributed by atoms with Crippen LogP contribution >= 0.6 is 12.4 Å². The van der Waals surface area contributed by atoms with Gasteiger partial charge in [-0.1, -0.05) is 31.2 Å². The van der Waals surface area contributed by atoms with E-state index < -0.39 is 0 Å². The molecule has 0 amide bonds. The summed E-state index contributed by atoms with van der Waals surface area (Å²) in [5, 5.41) is 3.53. The van der Waals surface area contributed by atoms with Crippen molar-refractivity contribution < 1.29 is 0 Å². The first-order chi connectivity index (χ1) is 9.66. The number of nitrogens with one attached hydrogen (secondary N) is 1. The largest absolute Gasteiger partial charge is 0.316 e. The van der Waals surface area contributed by atoms with E-state index in [1.165, 1.54) is 57.4 Å². The van der Waals surface area contributed by atoms with Crippen LogP contribution in [0.2, 0.25) is 0 Å². The van der Waals surface area contributed by atoms with Gasteiger partial charge >= 0.3 is 0 Å². The lowest BCUT2D eigenvalue weighted by Gasteiger charge is -2.33. The van der Waals surface area contributed by atoms with Gasteiger partial charge in [-0.05, 0) is 62.2 Å². The molecule has 21 heavy (non-hydrogen) atoms. The lowest BCUT2D eigenvalue weighted by Crippen LogP contribution is -2.41. The fourth-order valence-electron chi connectivity index (χ4n) is 3.92. The molecule has 2 atom stereocenters. The minimum atomic E-state index is 0. The molecule has 0 spiro atoms. The number of hydrogen-bond donors (Lipinski definition) is 1. The van der Waals surface area contributed by atoms with Gasteiger partial charge in [0, 0.05) is 19.1 Å². The van der Waals surface area contributed by atoms with Crippen LogP contribution in [-0.2, 0) is 6.42 Å². The van der Waals surface area contributed by atoms with Crippen LogP contribution in [0, 0.1) is 12.3 Å². The van der Waals surface area contributed by atoms with Gasteiger partial charge < -0.3 is 5.32 Å². The van der Waals surface area contributed by atoms with Crippen LogP contribution in [0.4, 0.5) is 0 Å². The van der Waals surface area contributed by atoms with Gasteiger partial charge in [0.1, 0.15) is 0 Å². The molecule has 118 valence electrons. The Morgan fingerprint density at radius 2 is 2.14 bits per heavy atom. The zero-order valence-electron chi connectivity index (χ0n) is 13.4. The third kappa shape index (κ3) is 4.00. The predicted octanol–water partition coefficient (Wildman–Crippen LogP) is 3.42. The number of halogens is 1. The summed E-state index contributed by atoms with van der Waals surface area (Å²) in [6.45, 7) is 9.67. The van der Waals surface area contributed by atoms with Crippen molar-refractivity contribution in [1.29, 1.82) is 0 Å². The highest BCUT2D eigenvalue weighted by atomic mass is 35.5. The summed E-state index contributed by atoms with van der Waals surface area (Å²) >= 11 is 0. The molecule has 0 aromatic heterocycles. The summed E-state index contributed by atoms with van der Waals surface area (Å²) in [7, 11) is 0. The van der Waals surface area contributed by atoms with Gasteiger partial charge in [-0.3, -0.25) is 4.90 Å². The molecule has 0 bridgehead atoms. The molecule has 2 aliphatic heterocycles. The number of nitrogens with zero attached hydrogens (tertiary/aromatic N) is 1. The summed E-state index contributed by atoms with van der Waals surface area (Å²) in [6, 6.07) is 9.65. The van der Waals surface area contributed by atoms with Crippen LogP contribution in [0.15, 0.2) is 24.3 Å². The van der Waals surface area contributed by atoms with E-state index in [0.717, 1.165) is 6.04 Å². The molecule has 2 heterocycles. The minimum absolute atomic E-state index is 0. The van der Waals surface area contributed by atoms with E-state index in [9.17, 15) is 0 Å². The van der Waals surface area contributed by atoms with Gasteiger partial charge in [0.15, 0.2) is 0 Å². The normalized spacial score (nSPS) is 29.5. The topological polar surface area (TPSA) is 15.3 Å². The van der Waals surface area contributed by atoms with Gasteiger partial charge in [-0.25, -0.2) is 0 Å². The van der Waals surface area contributed by atoms with Gasteiger partial charge in [0.2, 0.25) is 0 Å². The molecule has 2 saturated heterocycles. The predicted molar refractivity (Wildman–Crippen MR) is 92.3 cm³/mol. The van der Waals surface area contributed by atoms with Crippen molar-refractivity contribution in [3.63, 3.8) is 0 Å². The van der Waals surface area contributed by atoms with E-state index in [1.807, 2.05) is 0 Å². The SMILES string of the molecule is Cc1ccccc1CC1CCCN1CC1(C)CCNC1.Cl. The maximum atomic E-state index is 3.53. The molecular weight excluding hydrogens is 280 g/mol. The molecule has 2 unspecified atom stereocenters. The second kappa shape index (κ2) is 7.13. The van der Waals surface area contributed by atoms with Crippen molar-refractivity contribution in [2.75, 3.05) is 26.2 Å². The van der Waals surface area contributed by atoms with Crippen molar-refractivity contribution in [3.05, 3.63) is 35.4 Å². The fourth-order valence-corrected chi connectivity index (χ4v) is 3.92. The van der Waals surface area contributed by atoms with Gasteiger partial charge in [0.25, 0.3) is 0 Å². The van der Waals surface area contributed by atoms with Crippen LogP contribution in [0.3, 0.4) is 0 Å². The van der Waals surface area contributed by atoms with Crippen molar-refractivity contribution in [2.45, 2.75) is 45.6 Å². The zero-order chi connectivity index (χ0) is 14.0. The van der Waals surface area contributed by atoms with Crippen LogP contribution in [0.5, 0.6) is 0 Å². The molecule has 2 aliphatic rings. The Hall–Kier alpha value is -0.570. The summed E-state index contributed by atoms with van der Waals surface area (Å²) in [5.74, 6) is 0. The molecule has 1 N–H and O–H groups in total. The van der Waals surface area contributed by atoms with E-state index in [4.69, 9.17) is 0 Å². The summed E-state index contributed by atoms with van der Waals surface area (Å²) in [5.41, 5.74) is 3.49. The van der Waals surface area contributed by atoms with Crippen molar-refractivity contribution in [3.8, 4) is 0 Å². The van der Waals surface area contributed by atoms with E-state index in [1.54, 1.807) is 5.56 Å². The average molecular weight is 309 g/mol. The van der Waals surface area contributed by atoms with E-state index in [2.05, 4.69) is 48.3 Å². The van der Waals surface area contributed by atoms with Crippen LogP contribution < -0.4 is 5.32 Å². The summed E-state index contributed by atoms with van der Waals surface area (Å²) in [4.78, 5) is 2.76. The molecular formula is C18H29ClN2. The quantitative estimate of drug-likeness (QED) is 0.917. The molecule has 3 rings (SSSR count). The maximum Gasteiger partial charge on any atom is 0.0136 e. The van der Waals surface area contributed by atoms with Crippen LogP contribution in [0.1, 0.15) is 37.3 Å². The first-order valence-electron chi connectivity index (χ1n) is 8.16. The lowest BCUT2D eigenvalue weighted by molar-refractivity contribution is 0.164. The van der Waals surface area contributed by atoms with Crippen LogP contribution in [-0.4, -0.2) is 37.1 Å². The Labute approximate surface area is 135 Å². The van der Waals surface area contributed by atoms with Crippen molar-refractivity contribution in [2.24, 2.45) is 5.41 Å². The van der Waals surface area contributed by atoms with Crippen molar-refractivity contribution >= 4 is 12.4 Å². The summed E-state index contributed by atoms with van der Waals surface area (Å²) < 4.78 is 0. The molecule has 1 aromatic carbocycles. The lowest BCUT2D eigenvalue weighted by atomic mass is 9.88. The van der Waals surface area contributed by atoms with E-state index in [-0.39, 0.29) is 12.4 Å². The monoisotopic (exact) mass is 308 g/mol. The van der Waals surface area contributed by atoms with Gasteiger partial charge in [0.05, 0.1) is 0 Å². The Bertz CT molecular complexity index is 454. The van der Waals surface area contributed by atoms with Gasteiger partial charge in [-0.2, -0.15) is 0 Å². The smallest absolute Gasteiger partial charge is 0.0136 e. The van der Waals surface area contributed by atoms with Crippen molar-refractivity contribution in [1.82, 2.24) is 10.2 Å². The molecule has 0 radical (unpaired) electrons. The average Bonchev–Trinajstić information content (AvgIpc) is 3.03. The highest BCUT2D eigenvalue weighted by Crippen LogP contribution is 2.30. The first kappa shape index (κ1) is 16.8. The third-order valence-corrected chi connectivity index (χ3v) is 5.26. The Kier molecular flexibility index (Phi) is 5.70. The highest BCUT2D eigenvalue weighted by Gasteiger charge is 2.34. The number of benzene rings is 1. The fraction of sp³-hybridized carbons (Fsp3) is 0.667. The molecule has 0 aliphatic carbocycles. The number of aryl methyl sites for hydroxylation is 1. The minimum Gasteiger partial charge on any atom is -0.316 e. The Balaban J connectivity index is 0.00000161. The molecule has 0 saturated carbocycles. The second-order valence-corrected chi connectivity index (χ2v) is 7.13. The molecule has 1 aromatic rings. The van der Waals surface area contributed by atoms with E-state index in [0.29, 0.717) is 5.41 Å². The maximum absolute atomic E-state index is 3.53. The Morgan fingerprint density at radius 3 is 2.86 bits per heavy atom. The number of likely N-dealkylation sites (tertiary alicyclic amines) is 1. The molecule has 2 nitrogen and oxygen atoms in total. The first-order valence-corrected chi connectivity index (χ1v) is 8.16. The zero-order valence-corrected chi connectivity index (χ0v) is 14.2. The molecule has 3 heteroatoms. The van der Waals surface area contributed by atoms with Gasteiger partial charge in [-0.15, -0.1) is 12.4 Å². The highest BCUT2D eigenvalue weighted by molar-refractivity contribution is 5.85. The molecule has 2 fully saturated rings. The number of hydrogen-bond acceptors (Lipinski definition) is 2. The Morgan fingerprint density at radius 1 is 1.33 bits per heavy atom. The standard InChI is InChI=1S/C18H28N2.ClH/c1-15-6-3-4-7-16(15)12-17-8-5-11-20(17)14-18(2)9-10-19-13-18;/h3-4,6-7,17,19H,5,8-14H2,1-2H3;1H. The second-order valence-electron chi connectivity index (χ2n) is 7.13. The summed E-state index contributed by atoms with van der Waals surface area (Å²) in [6.07, 6.45) is 5.31. The van der Waals surface area contributed by atoms with E-state index >= 15 is 0 Å². The van der Waals surface area contributed by atoms with Crippen LogP contribution in [0.25, 0.3) is 0 Å². The number of rotatable bonds is 4.